The van der Waals surface area contributed by atoms with E-state index in [-0.39, 0.29) is 29.1 Å². The zero-order valence-electron chi connectivity index (χ0n) is 12.2. The van der Waals surface area contributed by atoms with E-state index in [0.717, 1.165) is 5.56 Å². The van der Waals surface area contributed by atoms with Gasteiger partial charge in [-0.15, -0.1) is 0 Å². The van der Waals surface area contributed by atoms with E-state index < -0.39 is 17.9 Å². The normalized spacial score (nSPS) is 23.2. The number of carbonyl (C=O) groups excluding carboxylic acids is 2. The molecule has 0 saturated carbocycles. The van der Waals surface area contributed by atoms with Crippen LogP contribution in [0.4, 0.5) is 0 Å². The molecule has 2 N–H and O–H groups in total. The number of fused-ring (bicyclic) bond motifs is 1. The predicted molar refractivity (Wildman–Crippen MR) is 82.5 cm³/mol. The third kappa shape index (κ3) is 2.82. The largest absolute Gasteiger partial charge is 0.477 e. The Bertz CT molecular complexity index is 701. The van der Waals surface area contributed by atoms with Gasteiger partial charge in [-0.2, -0.15) is 0 Å². The summed E-state index contributed by atoms with van der Waals surface area (Å²) in [6.45, 7) is 0. The Morgan fingerprint density at radius 3 is 2.65 bits per heavy atom. The summed E-state index contributed by atoms with van der Waals surface area (Å²) in [6.07, 6.45) is 1.11. The van der Waals surface area contributed by atoms with E-state index in [1.807, 2.05) is 30.3 Å². The van der Waals surface area contributed by atoms with E-state index in [4.69, 9.17) is 11.6 Å². The van der Waals surface area contributed by atoms with Crippen molar-refractivity contribution in [2.75, 3.05) is 0 Å². The van der Waals surface area contributed by atoms with E-state index in [9.17, 15) is 19.5 Å². The van der Waals surface area contributed by atoms with Gasteiger partial charge in [0.05, 0.1) is 12.5 Å². The van der Waals surface area contributed by atoms with E-state index >= 15 is 0 Å². The van der Waals surface area contributed by atoms with Gasteiger partial charge in [0, 0.05) is 5.03 Å². The Hall–Kier alpha value is -2.34. The number of β-lactam (4-membered cyclic amide) rings is 1. The van der Waals surface area contributed by atoms with E-state index in [0.29, 0.717) is 12.8 Å². The van der Waals surface area contributed by atoms with Gasteiger partial charge in [-0.25, -0.2) is 4.79 Å². The van der Waals surface area contributed by atoms with Crippen LogP contribution in [0.1, 0.15) is 18.4 Å². The average molecular weight is 335 g/mol. The summed E-state index contributed by atoms with van der Waals surface area (Å²) in [6, 6.07) is 8.19. The van der Waals surface area contributed by atoms with Crippen LogP contribution in [-0.2, 0) is 20.8 Å². The lowest BCUT2D eigenvalue weighted by atomic mass is 9.86. The van der Waals surface area contributed by atoms with Gasteiger partial charge >= 0.3 is 5.97 Å². The van der Waals surface area contributed by atoms with Gasteiger partial charge in [0.25, 0.3) is 5.91 Å². The maximum absolute atomic E-state index is 12.2. The third-order valence-electron chi connectivity index (χ3n) is 4.10. The third-order valence-corrected chi connectivity index (χ3v) is 4.47. The molecule has 2 aliphatic heterocycles. The Balaban J connectivity index is 1.67. The quantitative estimate of drug-likeness (QED) is 0.811. The van der Waals surface area contributed by atoms with Gasteiger partial charge < -0.3 is 10.4 Å². The number of halogens is 1. The van der Waals surface area contributed by atoms with Crippen molar-refractivity contribution >= 4 is 29.4 Å². The monoisotopic (exact) mass is 334 g/mol. The van der Waals surface area contributed by atoms with Gasteiger partial charge in [-0.3, -0.25) is 14.5 Å². The van der Waals surface area contributed by atoms with Gasteiger partial charge in [0.15, 0.2) is 0 Å². The number of carboxylic acids is 1. The average Bonchev–Trinajstić information content (AvgIpc) is 2.53. The molecular weight excluding hydrogens is 320 g/mol. The van der Waals surface area contributed by atoms with Crippen LogP contribution in [0.25, 0.3) is 0 Å². The first kappa shape index (κ1) is 15.6. The van der Waals surface area contributed by atoms with Crippen LogP contribution >= 0.6 is 11.6 Å². The van der Waals surface area contributed by atoms with E-state index in [1.165, 1.54) is 4.90 Å². The Kier molecular flexibility index (Phi) is 4.09. The van der Waals surface area contributed by atoms with Crippen molar-refractivity contribution in [3.8, 4) is 0 Å². The molecule has 7 heteroatoms. The number of amides is 2. The van der Waals surface area contributed by atoms with Crippen molar-refractivity contribution in [2.45, 2.75) is 31.3 Å². The highest BCUT2D eigenvalue weighted by molar-refractivity contribution is 6.32. The number of hydrogen-bond acceptors (Lipinski definition) is 3. The summed E-state index contributed by atoms with van der Waals surface area (Å²) in [5, 5.41) is 12.1. The van der Waals surface area contributed by atoms with Crippen molar-refractivity contribution in [1.82, 2.24) is 10.2 Å². The minimum Gasteiger partial charge on any atom is -0.477 e. The number of nitrogens with one attached hydrogen (secondary N) is 1. The Morgan fingerprint density at radius 2 is 2.00 bits per heavy atom. The van der Waals surface area contributed by atoms with Crippen molar-refractivity contribution < 1.29 is 19.5 Å². The van der Waals surface area contributed by atoms with Crippen molar-refractivity contribution in [3.05, 3.63) is 46.6 Å². The molecule has 1 unspecified atom stereocenters. The van der Waals surface area contributed by atoms with Gasteiger partial charge in [-0.05, 0) is 18.4 Å². The molecule has 1 fully saturated rings. The Labute approximate surface area is 137 Å². The number of hydrogen-bond donors (Lipinski definition) is 2. The number of allylic oxidation sites excluding steroid dienone is 1. The topological polar surface area (TPSA) is 86.7 Å². The molecule has 6 nitrogen and oxygen atoms in total. The molecule has 3 rings (SSSR count). The molecular formula is C16H15ClN2O4. The number of rotatable bonds is 4. The second kappa shape index (κ2) is 6.04. The summed E-state index contributed by atoms with van der Waals surface area (Å²) in [7, 11) is 0. The van der Waals surface area contributed by atoms with Gasteiger partial charge in [0.1, 0.15) is 11.7 Å². The molecule has 2 heterocycles. The van der Waals surface area contributed by atoms with Crippen LogP contribution in [0.5, 0.6) is 0 Å². The Morgan fingerprint density at radius 1 is 1.30 bits per heavy atom. The molecule has 1 saturated heterocycles. The molecule has 0 radical (unpaired) electrons. The van der Waals surface area contributed by atoms with E-state index in [2.05, 4.69) is 5.32 Å². The molecule has 0 aromatic heterocycles. The highest BCUT2D eigenvalue weighted by Gasteiger charge is 2.53. The first-order chi connectivity index (χ1) is 11.0. The molecule has 1 aromatic carbocycles. The number of aliphatic carboxylic acids is 1. The highest BCUT2D eigenvalue weighted by atomic mass is 35.5. The molecule has 120 valence electrons. The molecule has 23 heavy (non-hydrogen) atoms. The number of carboxylic acid groups (broad SMARTS) is 1. The second-order valence-corrected chi connectivity index (χ2v) is 6.04. The minimum absolute atomic E-state index is 0.165. The lowest BCUT2D eigenvalue weighted by Gasteiger charge is -2.49. The number of carbonyl (C=O) groups is 3. The molecule has 1 aromatic rings. The summed E-state index contributed by atoms with van der Waals surface area (Å²) in [4.78, 5) is 36.7. The molecule has 0 aliphatic carbocycles. The summed E-state index contributed by atoms with van der Waals surface area (Å²) in [5.41, 5.74) is 0.688. The van der Waals surface area contributed by atoms with Crippen LogP contribution < -0.4 is 5.32 Å². The fraction of sp³-hybridized carbons (Fsp3) is 0.312. The molecule has 2 amide bonds. The second-order valence-electron chi connectivity index (χ2n) is 5.58. The van der Waals surface area contributed by atoms with Crippen LogP contribution in [0.3, 0.4) is 0 Å². The molecule has 2 atom stereocenters. The first-order valence-corrected chi connectivity index (χ1v) is 7.65. The minimum atomic E-state index is -1.22. The van der Waals surface area contributed by atoms with Crippen molar-refractivity contribution in [1.29, 1.82) is 0 Å². The smallest absolute Gasteiger partial charge is 0.353 e. The van der Waals surface area contributed by atoms with Crippen LogP contribution in [0, 0.1) is 0 Å². The standard InChI is InChI=1S/C16H15ClN2O4/c17-10-6-7-11-13(15(21)19(11)14(10)16(22)23)18-12(20)8-9-4-2-1-3-5-9/h1-5,11,13H,6-8H2,(H,18,20)(H,22,23)/t11?,13-/m0/s1. The number of benzene rings is 1. The maximum atomic E-state index is 12.2. The lowest BCUT2D eigenvalue weighted by molar-refractivity contribution is -0.155. The molecule has 2 aliphatic rings. The zero-order chi connectivity index (χ0) is 16.6. The first-order valence-electron chi connectivity index (χ1n) is 7.27. The fourth-order valence-electron chi connectivity index (χ4n) is 3.02. The summed E-state index contributed by atoms with van der Waals surface area (Å²) >= 11 is 5.92. The predicted octanol–water partition coefficient (Wildman–Crippen LogP) is 1.25. The zero-order valence-corrected chi connectivity index (χ0v) is 12.9. The number of nitrogens with zero attached hydrogens (tertiary/aromatic N) is 1. The van der Waals surface area contributed by atoms with Crippen molar-refractivity contribution in [2.24, 2.45) is 0 Å². The van der Waals surface area contributed by atoms with Gasteiger partial charge in [-0.1, -0.05) is 41.9 Å². The van der Waals surface area contributed by atoms with Crippen molar-refractivity contribution in [3.63, 3.8) is 0 Å². The molecule has 0 bridgehead atoms. The fourth-order valence-corrected chi connectivity index (χ4v) is 3.30. The van der Waals surface area contributed by atoms with Crippen LogP contribution in [0.15, 0.2) is 41.1 Å². The van der Waals surface area contributed by atoms with Crippen LogP contribution in [0.2, 0.25) is 0 Å². The summed E-state index contributed by atoms with van der Waals surface area (Å²) in [5.74, 6) is -1.90. The van der Waals surface area contributed by atoms with Crippen LogP contribution in [-0.4, -0.2) is 39.9 Å². The SMILES string of the molecule is O=C(Cc1ccccc1)N[C@@H]1C(=O)N2C(C(=O)O)=C(Cl)CCC12. The van der Waals surface area contributed by atoms with Gasteiger partial charge in [0.2, 0.25) is 5.91 Å². The molecule has 0 spiro atoms. The lowest BCUT2D eigenvalue weighted by Crippen LogP contribution is -2.71. The highest BCUT2D eigenvalue weighted by Crippen LogP contribution is 2.37. The summed E-state index contributed by atoms with van der Waals surface area (Å²) < 4.78 is 0. The van der Waals surface area contributed by atoms with E-state index in [1.54, 1.807) is 0 Å². The maximum Gasteiger partial charge on any atom is 0.353 e.